The number of fused-ring (bicyclic) bond motifs is 1. The quantitative estimate of drug-likeness (QED) is 0.440. The Morgan fingerprint density at radius 2 is 1.69 bits per heavy atom. The van der Waals surface area contributed by atoms with Crippen LogP contribution in [-0.4, -0.2) is 6.04 Å². The van der Waals surface area contributed by atoms with Crippen molar-refractivity contribution >= 4 is 22.4 Å². The third-order valence-electron chi connectivity index (χ3n) is 5.85. The second-order valence-corrected chi connectivity index (χ2v) is 8.23. The van der Waals surface area contributed by atoms with E-state index >= 15 is 0 Å². The molecular weight excluding hydrogens is 385 g/mol. The predicted octanol–water partition coefficient (Wildman–Crippen LogP) is 7.02. The molecule has 1 saturated carbocycles. The Morgan fingerprint density at radius 1 is 0.897 bits per heavy atom. The molecule has 0 heterocycles. The van der Waals surface area contributed by atoms with Gasteiger partial charge < -0.3 is 10.1 Å². The third-order valence-corrected chi connectivity index (χ3v) is 6.21. The van der Waals surface area contributed by atoms with Crippen LogP contribution in [0.5, 0.6) is 5.75 Å². The van der Waals surface area contributed by atoms with E-state index in [0.29, 0.717) is 16.6 Å². The molecule has 0 spiro atoms. The maximum atomic E-state index is 14.2. The number of rotatable bonds is 6. The SMILES string of the molecule is Fc1cccc(Cl)c1COc1ccc2ccccc2c1CNC1CCCCCC1. The van der Waals surface area contributed by atoms with Gasteiger partial charge in [-0.15, -0.1) is 0 Å². The van der Waals surface area contributed by atoms with E-state index in [2.05, 4.69) is 29.6 Å². The van der Waals surface area contributed by atoms with Crippen LogP contribution in [0.2, 0.25) is 5.02 Å². The molecule has 4 rings (SSSR count). The first-order chi connectivity index (χ1) is 14.2. The first-order valence-corrected chi connectivity index (χ1v) is 10.9. The first-order valence-electron chi connectivity index (χ1n) is 10.5. The molecule has 3 aromatic rings. The summed E-state index contributed by atoms with van der Waals surface area (Å²) < 4.78 is 20.3. The van der Waals surface area contributed by atoms with Crippen molar-refractivity contribution in [2.24, 2.45) is 0 Å². The molecule has 0 unspecified atom stereocenters. The lowest BCUT2D eigenvalue weighted by Gasteiger charge is -2.20. The van der Waals surface area contributed by atoms with E-state index in [9.17, 15) is 4.39 Å². The van der Waals surface area contributed by atoms with Gasteiger partial charge in [0.2, 0.25) is 0 Å². The van der Waals surface area contributed by atoms with Gasteiger partial charge in [-0.25, -0.2) is 4.39 Å². The van der Waals surface area contributed by atoms with Gasteiger partial charge in [-0.2, -0.15) is 0 Å². The van der Waals surface area contributed by atoms with Crippen molar-refractivity contribution in [3.8, 4) is 5.75 Å². The molecule has 2 nitrogen and oxygen atoms in total. The molecule has 0 saturated heterocycles. The molecule has 1 N–H and O–H groups in total. The molecule has 0 amide bonds. The van der Waals surface area contributed by atoms with Crippen LogP contribution in [0.3, 0.4) is 0 Å². The minimum absolute atomic E-state index is 0.111. The molecule has 1 fully saturated rings. The normalized spacial score (nSPS) is 15.4. The van der Waals surface area contributed by atoms with E-state index in [0.717, 1.165) is 17.9 Å². The Balaban J connectivity index is 1.58. The summed E-state index contributed by atoms with van der Waals surface area (Å²) in [6.07, 6.45) is 7.72. The predicted molar refractivity (Wildman–Crippen MR) is 118 cm³/mol. The minimum Gasteiger partial charge on any atom is -0.488 e. The monoisotopic (exact) mass is 411 g/mol. The second kappa shape index (κ2) is 9.60. The highest BCUT2D eigenvalue weighted by atomic mass is 35.5. The van der Waals surface area contributed by atoms with E-state index in [1.54, 1.807) is 12.1 Å². The van der Waals surface area contributed by atoms with Crippen LogP contribution in [0.25, 0.3) is 10.8 Å². The summed E-state index contributed by atoms with van der Waals surface area (Å²) in [4.78, 5) is 0. The topological polar surface area (TPSA) is 21.3 Å². The van der Waals surface area contributed by atoms with Crippen LogP contribution in [0.1, 0.15) is 49.7 Å². The van der Waals surface area contributed by atoms with E-state index in [1.165, 1.54) is 55.4 Å². The molecule has 152 valence electrons. The molecule has 3 aromatic carbocycles. The summed E-state index contributed by atoms with van der Waals surface area (Å²) in [5, 5.41) is 6.50. The van der Waals surface area contributed by atoms with Crippen LogP contribution < -0.4 is 10.1 Å². The highest BCUT2D eigenvalue weighted by Gasteiger charge is 2.15. The van der Waals surface area contributed by atoms with Crippen LogP contribution >= 0.6 is 11.6 Å². The Labute approximate surface area is 177 Å². The Bertz CT molecular complexity index is 946. The van der Waals surface area contributed by atoms with Gasteiger partial charge in [0, 0.05) is 23.7 Å². The zero-order valence-corrected chi connectivity index (χ0v) is 17.4. The standard InChI is InChI=1S/C25H27ClFNO/c26-23-12-7-13-24(27)22(23)17-29-25-15-14-18-8-5-6-11-20(18)21(25)16-28-19-9-3-1-2-4-10-19/h5-8,11-15,19,28H,1-4,9-10,16-17H2. The first kappa shape index (κ1) is 20.2. The van der Waals surface area contributed by atoms with Crippen molar-refractivity contribution in [3.63, 3.8) is 0 Å². The summed E-state index contributed by atoms with van der Waals surface area (Å²) in [5.41, 5.74) is 1.52. The molecule has 1 aliphatic carbocycles. The third kappa shape index (κ3) is 4.91. The van der Waals surface area contributed by atoms with E-state index in [-0.39, 0.29) is 12.4 Å². The molecule has 29 heavy (non-hydrogen) atoms. The fraction of sp³-hybridized carbons (Fsp3) is 0.360. The summed E-state index contributed by atoms with van der Waals surface area (Å²) >= 11 is 6.18. The number of benzene rings is 3. The van der Waals surface area contributed by atoms with Crippen LogP contribution in [0, 0.1) is 5.82 Å². The molecule has 1 aliphatic rings. The zero-order valence-electron chi connectivity index (χ0n) is 16.6. The number of hydrogen-bond donors (Lipinski definition) is 1. The minimum atomic E-state index is -0.337. The summed E-state index contributed by atoms with van der Waals surface area (Å²) in [5.74, 6) is 0.445. The maximum Gasteiger partial charge on any atom is 0.131 e. The fourth-order valence-corrected chi connectivity index (χ4v) is 4.40. The van der Waals surface area contributed by atoms with Gasteiger partial charge in [-0.1, -0.05) is 73.7 Å². The Morgan fingerprint density at radius 3 is 2.48 bits per heavy atom. The Kier molecular flexibility index (Phi) is 6.68. The summed E-state index contributed by atoms with van der Waals surface area (Å²) in [6, 6.07) is 17.6. The van der Waals surface area contributed by atoms with Crippen LogP contribution in [0.4, 0.5) is 4.39 Å². The van der Waals surface area contributed by atoms with Crippen molar-refractivity contribution in [1.82, 2.24) is 5.32 Å². The van der Waals surface area contributed by atoms with Crippen molar-refractivity contribution in [2.45, 2.75) is 57.7 Å². The van der Waals surface area contributed by atoms with E-state index in [4.69, 9.17) is 16.3 Å². The molecule has 0 bridgehead atoms. The fourth-order valence-electron chi connectivity index (χ4n) is 4.18. The summed E-state index contributed by atoms with van der Waals surface area (Å²) in [7, 11) is 0. The van der Waals surface area contributed by atoms with Gasteiger partial charge in [-0.05, 0) is 41.8 Å². The highest BCUT2D eigenvalue weighted by Crippen LogP contribution is 2.30. The number of ether oxygens (including phenoxy) is 1. The number of halogens is 2. The van der Waals surface area contributed by atoms with Crippen molar-refractivity contribution in [3.05, 3.63) is 76.6 Å². The molecule has 4 heteroatoms. The number of hydrogen-bond acceptors (Lipinski definition) is 2. The maximum absolute atomic E-state index is 14.2. The van der Waals surface area contributed by atoms with E-state index < -0.39 is 0 Å². The molecule has 0 radical (unpaired) electrons. The Hall–Kier alpha value is -2.10. The second-order valence-electron chi connectivity index (χ2n) is 7.82. The van der Waals surface area contributed by atoms with Crippen molar-refractivity contribution in [1.29, 1.82) is 0 Å². The lowest BCUT2D eigenvalue weighted by Crippen LogP contribution is -2.28. The van der Waals surface area contributed by atoms with Gasteiger partial charge in [-0.3, -0.25) is 0 Å². The number of nitrogens with one attached hydrogen (secondary N) is 1. The average molecular weight is 412 g/mol. The smallest absolute Gasteiger partial charge is 0.131 e. The van der Waals surface area contributed by atoms with Crippen molar-refractivity contribution < 1.29 is 9.13 Å². The van der Waals surface area contributed by atoms with Crippen LogP contribution in [-0.2, 0) is 13.2 Å². The highest BCUT2D eigenvalue weighted by molar-refractivity contribution is 6.31. The molecular formula is C25H27ClFNO. The molecule has 0 aliphatic heterocycles. The zero-order chi connectivity index (χ0) is 20.1. The summed E-state index contributed by atoms with van der Waals surface area (Å²) in [6.45, 7) is 0.854. The van der Waals surface area contributed by atoms with E-state index in [1.807, 2.05) is 12.1 Å². The molecule has 0 aromatic heterocycles. The lowest BCUT2D eigenvalue weighted by atomic mass is 10.0. The van der Waals surface area contributed by atoms with Crippen LogP contribution in [0.15, 0.2) is 54.6 Å². The van der Waals surface area contributed by atoms with Gasteiger partial charge in [0.15, 0.2) is 0 Å². The van der Waals surface area contributed by atoms with Gasteiger partial charge >= 0.3 is 0 Å². The average Bonchev–Trinajstić information content (AvgIpc) is 3.01. The van der Waals surface area contributed by atoms with Gasteiger partial charge in [0.1, 0.15) is 18.2 Å². The van der Waals surface area contributed by atoms with Crippen molar-refractivity contribution in [2.75, 3.05) is 0 Å². The largest absolute Gasteiger partial charge is 0.488 e. The van der Waals surface area contributed by atoms with Gasteiger partial charge in [0.25, 0.3) is 0 Å². The molecule has 0 atom stereocenters. The lowest BCUT2D eigenvalue weighted by molar-refractivity contribution is 0.296. The van der Waals surface area contributed by atoms with Gasteiger partial charge in [0.05, 0.1) is 5.02 Å².